The van der Waals surface area contributed by atoms with Crippen LogP contribution in [0.5, 0.6) is 0 Å². The first-order valence-electron chi connectivity index (χ1n) is 7.47. The fourth-order valence-corrected chi connectivity index (χ4v) is 2.25. The van der Waals surface area contributed by atoms with Gasteiger partial charge in [0.25, 0.3) is 0 Å². The predicted octanol–water partition coefficient (Wildman–Crippen LogP) is 2.88. The van der Waals surface area contributed by atoms with E-state index in [4.69, 9.17) is 23.7 Å². The van der Waals surface area contributed by atoms with Gasteiger partial charge in [-0.2, -0.15) is 5.10 Å². The largest absolute Gasteiger partial charge is 0.369 e. The molecule has 2 rings (SSSR count). The Labute approximate surface area is 146 Å². The van der Waals surface area contributed by atoms with Crippen LogP contribution in [0.3, 0.4) is 0 Å². The van der Waals surface area contributed by atoms with Gasteiger partial charge in [-0.05, 0) is 48.5 Å². The number of hydrogen-bond acceptors (Lipinski definition) is 3. The van der Waals surface area contributed by atoms with Crippen LogP contribution >= 0.6 is 12.2 Å². The van der Waals surface area contributed by atoms with Crippen molar-refractivity contribution in [2.24, 2.45) is 21.7 Å². The number of nitrogens with one attached hydrogen (secondary N) is 2. The van der Waals surface area contributed by atoms with Crippen LogP contribution in [0.25, 0.3) is 0 Å². The smallest absolute Gasteiger partial charge is 0.211 e. The lowest BCUT2D eigenvalue weighted by Gasteiger charge is -2.11. The molecule has 6 nitrogen and oxygen atoms in total. The standard InChI is InChI=1S/C17H20N6S/c1-2-15(22-23-16(18)19)12-8-10-14(11-9-12)21-17(24)20-13-6-4-3-5-7-13/h3-11H,2H2,1H3,(H4,18,19,23)(H2,20,21,24). The molecule has 0 radical (unpaired) electrons. The Balaban J connectivity index is 2.02. The summed E-state index contributed by atoms with van der Waals surface area (Å²) in [5.74, 6) is -0.0587. The lowest BCUT2D eigenvalue weighted by molar-refractivity contribution is 1.15. The highest BCUT2D eigenvalue weighted by Gasteiger charge is 2.03. The number of anilines is 2. The van der Waals surface area contributed by atoms with Crippen LogP contribution in [-0.4, -0.2) is 16.8 Å². The maximum atomic E-state index is 5.31. The molecule has 2 aromatic rings. The zero-order valence-corrected chi connectivity index (χ0v) is 14.2. The average Bonchev–Trinajstić information content (AvgIpc) is 2.57. The second kappa shape index (κ2) is 8.64. The fourth-order valence-electron chi connectivity index (χ4n) is 2.01. The van der Waals surface area contributed by atoms with Gasteiger partial charge in [0, 0.05) is 11.4 Å². The Hall–Kier alpha value is -2.93. The quantitative estimate of drug-likeness (QED) is 0.290. The highest BCUT2D eigenvalue weighted by Crippen LogP contribution is 2.13. The first-order valence-corrected chi connectivity index (χ1v) is 7.88. The molecular formula is C17H20N6S. The van der Waals surface area contributed by atoms with Crippen LogP contribution in [0.4, 0.5) is 11.4 Å². The Morgan fingerprint density at radius 3 is 2.04 bits per heavy atom. The van der Waals surface area contributed by atoms with E-state index in [1.54, 1.807) is 0 Å². The molecule has 0 aromatic heterocycles. The van der Waals surface area contributed by atoms with Crippen molar-refractivity contribution in [2.75, 3.05) is 10.6 Å². The Morgan fingerprint density at radius 2 is 1.50 bits per heavy atom. The molecule has 0 saturated heterocycles. The Kier molecular flexibility index (Phi) is 6.27. The van der Waals surface area contributed by atoms with Crippen molar-refractivity contribution in [3.63, 3.8) is 0 Å². The van der Waals surface area contributed by atoms with Gasteiger partial charge in [0.1, 0.15) is 0 Å². The molecule has 0 fully saturated rings. The van der Waals surface area contributed by atoms with Gasteiger partial charge in [-0.3, -0.25) is 0 Å². The van der Waals surface area contributed by atoms with E-state index in [0.29, 0.717) is 5.11 Å². The molecule has 24 heavy (non-hydrogen) atoms. The van der Waals surface area contributed by atoms with Gasteiger partial charge >= 0.3 is 0 Å². The second-order valence-corrected chi connectivity index (χ2v) is 5.36. The van der Waals surface area contributed by atoms with Crippen molar-refractivity contribution >= 4 is 40.4 Å². The van der Waals surface area contributed by atoms with Crippen molar-refractivity contribution in [1.82, 2.24) is 0 Å². The average molecular weight is 340 g/mol. The van der Waals surface area contributed by atoms with E-state index in [9.17, 15) is 0 Å². The molecule has 0 amide bonds. The monoisotopic (exact) mass is 340 g/mol. The van der Waals surface area contributed by atoms with E-state index >= 15 is 0 Å². The van der Waals surface area contributed by atoms with Crippen LogP contribution in [0.15, 0.2) is 64.8 Å². The minimum Gasteiger partial charge on any atom is -0.369 e. The number of para-hydroxylation sites is 1. The van der Waals surface area contributed by atoms with Gasteiger partial charge in [0.05, 0.1) is 5.71 Å². The molecule has 0 bridgehead atoms. The van der Waals surface area contributed by atoms with E-state index < -0.39 is 0 Å². The van der Waals surface area contributed by atoms with Crippen molar-refractivity contribution in [1.29, 1.82) is 0 Å². The first kappa shape index (κ1) is 17.4. The second-order valence-electron chi connectivity index (χ2n) is 4.95. The number of thiocarbonyl (C=S) groups is 1. The van der Waals surface area contributed by atoms with Crippen molar-refractivity contribution in [3.05, 3.63) is 60.2 Å². The lowest BCUT2D eigenvalue weighted by atomic mass is 10.1. The van der Waals surface area contributed by atoms with Crippen LogP contribution in [0.1, 0.15) is 18.9 Å². The highest BCUT2D eigenvalue weighted by molar-refractivity contribution is 7.80. The maximum Gasteiger partial charge on any atom is 0.211 e. The molecule has 6 N–H and O–H groups in total. The number of benzene rings is 2. The highest BCUT2D eigenvalue weighted by atomic mass is 32.1. The van der Waals surface area contributed by atoms with E-state index in [2.05, 4.69) is 20.8 Å². The minimum absolute atomic E-state index is 0.0587. The number of hydrogen-bond donors (Lipinski definition) is 4. The molecule has 0 aliphatic carbocycles. The lowest BCUT2D eigenvalue weighted by Crippen LogP contribution is -2.22. The van der Waals surface area contributed by atoms with E-state index in [1.165, 1.54) is 0 Å². The van der Waals surface area contributed by atoms with Gasteiger partial charge in [-0.1, -0.05) is 37.3 Å². The van der Waals surface area contributed by atoms with Crippen molar-refractivity contribution in [3.8, 4) is 0 Å². The summed E-state index contributed by atoms with van der Waals surface area (Å²) >= 11 is 5.30. The van der Waals surface area contributed by atoms with Gasteiger partial charge < -0.3 is 22.1 Å². The van der Waals surface area contributed by atoms with Gasteiger partial charge in [-0.15, -0.1) is 5.10 Å². The Morgan fingerprint density at radius 1 is 0.917 bits per heavy atom. The molecule has 124 valence electrons. The zero-order chi connectivity index (χ0) is 17.4. The number of nitrogens with two attached hydrogens (primary N) is 2. The van der Waals surface area contributed by atoms with Crippen molar-refractivity contribution in [2.45, 2.75) is 13.3 Å². The molecule has 0 saturated carbocycles. The SMILES string of the molecule is CCC(=NN=C(N)N)c1ccc(NC(=S)Nc2ccccc2)cc1. The number of rotatable bonds is 5. The number of guanidine groups is 1. The summed E-state index contributed by atoms with van der Waals surface area (Å²) in [7, 11) is 0. The molecule has 0 unspecified atom stereocenters. The van der Waals surface area contributed by atoms with Crippen LogP contribution in [-0.2, 0) is 0 Å². The summed E-state index contributed by atoms with van der Waals surface area (Å²) in [6, 6.07) is 17.5. The predicted molar refractivity (Wildman–Crippen MR) is 105 cm³/mol. The van der Waals surface area contributed by atoms with Gasteiger partial charge in [0.2, 0.25) is 5.96 Å². The zero-order valence-electron chi connectivity index (χ0n) is 13.4. The maximum absolute atomic E-state index is 5.31. The molecular weight excluding hydrogens is 320 g/mol. The minimum atomic E-state index is -0.0587. The van der Waals surface area contributed by atoms with E-state index in [0.717, 1.165) is 29.1 Å². The van der Waals surface area contributed by atoms with Crippen LogP contribution in [0, 0.1) is 0 Å². The van der Waals surface area contributed by atoms with Crippen LogP contribution in [0.2, 0.25) is 0 Å². The normalized spacial score (nSPS) is 10.8. The molecule has 7 heteroatoms. The molecule has 0 atom stereocenters. The van der Waals surface area contributed by atoms with E-state index in [-0.39, 0.29) is 5.96 Å². The van der Waals surface area contributed by atoms with Gasteiger partial charge in [0.15, 0.2) is 5.11 Å². The summed E-state index contributed by atoms with van der Waals surface area (Å²) in [6.07, 6.45) is 0.720. The first-order chi connectivity index (χ1) is 11.6. The summed E-state index contributed by atoms with van der Waals surface area (Å²) in [5, 5.41) is 14.5. The third kappa shape index (κ3) is 5.36. The summed E-state index contributed by atoms with van der Waals surface area (Å²) in [5.41, 5.74) is 14.2. The summed E-state index contributed by atoms with van der Waals surface area (Å²) in [6.45, 7) is 1.99. The van der Waals surface area contributed by atoms with Crippen molar-refractivity contribution < 1.29 is 0 Å². The molecule has 0 aliphatic rings. The van der Waals surface area contributed by atoms with Gasteiger partial charge in [-0.25, -0.2) is 0 Å². The van der Waals surface area contributed by atoms with E-state index in [1.807, 2.05) is 61.5 Å². The molecule has 0 spiro atoms. The molecule has 0 aliphatic heterocycles. The molecule has 2 aromatic carbocycles. The Bertz CT molecular complexity index is 733. The fraction of sp³-hybridized carbons (Fsp3) is 0.118. The summed E-state index contributed by atoms with van der Waals surface area (Å²) in [4.78, 5) is 0. The molecule has 0 heterocycles. The topological polar surface area (TPSA) is 101 Å². The summed E-state index contributed by atoms with van der Waals surface area (Å²) < 4.78 is 0. The number of nitrogens with zero attached hydrogens (tertiary/aromatic N) is 2. The third-order valence-electron chi connectivity index (χ3n) is 3.13. The third-order valence-corrected chi connectivity index (χ3v) is 3.33. The van der Waals surface area contributed by atoms with Crippen LogP contribution < -0.4 is 22.1 Å².